The predicted molar refractivity (Wildman–Crippen MR) is 98.8 cm³/mol. The minimum absolute atomic E-state index is 0.142. The molecule has 1 aromatic carbocycles. The molecule has 0 atom stereocenters. The summed E-state index contributed by atoms with van der Waals surface area (Å²) in [5.41, 5.74) is 2.41. The fraction of sp³-hybridized carbons (Fsp3) is 0.111. The second-order valence-corrected chi connectivity index (χ2v) is 6.32. The van der Waals surface area contributed by atoms with Crippen molar-refractivity contribution >= 4 is 33.3 Å². The normalized spacial score (nSPS) is 11.0. The fourth-order valence-corrected chi connectivity index (χ4v) is 3.41. The molecule has 0 aliphatic heterocycles. The number of methoxy groups -OCH3 is 1. The quantitative estimate of drug-likeness (QED) is 0.600. The number of aryl methyl sites for hydroxylation is 1. The Morgan fingerprint density at radius 2 is 2.12 bits per heavy atom. The summed E-state index contributed by atoms with van der Waals surface area (Å²) in [7, 11) is 3.32. The second-order valence-electron chi connectivity index (χ2n) is 5.47. The summed E-state index contributed by atoms with van der Waals surface area (Å²) in [5, 5.41) is 6.65. The van der Waals surface area contributed by atoms with Crippen LogP contribution in [0.3, 0.4) is 0 Å². The molecule has 0 aliphatic carbocycles. The number of anilines is 2. The molecule has 0 fully saturated rings. The summed E-state index contributed by atoms with van der Waals surface area (Å²) < 4.78 is 12.2. The van der Waals surface area contributed by atoms with Crippen molar-refractivity contribution in [3.8, 4) is 17.0 Å². The van der Waals surface area contributed by atoms with Crippen molar-refractivity contribution in [1.29, 1.82) is 0 Å². The largest absolute Gasteiger partial charge is 0.495 e. The average molecular weight is 353 g/mol. The van der Waals surface area contributed by atoms with Crippen LogP contribution in [0.2, 0.25) is 0 Å². The van der Waals surface area contributed by atoms with Gasteiger partial charge in [-0.05, 0) is 24.3 Å². The van der Waals surface area contributed by atoms with Gasteiger partial charge in [0.05, 0.1) is 30.3 Å². The molecule has 0 saturated heterocycles. The molecule has 0 spiro atoms. The average Bonchev–Trinajstić information content (AvgIpc) is 3.28. The molecule has 6 nitrogen and oxygen atoms in total. The van der Waals surface area contributed by atoms with Gasteiger partial charge in [-0.15, -0.1) is 11.3 Å². The summed E-state index contributed by atoms with van der Waals surface area (Å²) in [6, 6.07) is 11.3. The third-order valence-electron chi connectivity index (χ3n) is 3.94. The molecule has 0 unspecified atom stereocenters. The van der Waals surface area contributed by atoms with Crippen LogP contribution < -0.4 is 15.6 Å². The molecule has 0 amide bonds. The van der Waals surface area contributed by atoms with Crippen molar-refractivity contribution in [3.05, 3.63) is 58.4 Å². The molecule has 0 radical (unpaired) electrons. The van der Waals surface area contributed by atoms with Crippen LogP contribution in [-0.4, -0.2) is 16.7 Å². The Labute approximate surface area is 147 Å². The van der Waals surface area contributed by atoms with Crippen molar-refractivity contribution in [2.75, 3.05) is 12.4 Å². The van der Waals surface area contributed by atoms with E-state index in [1.165, 1.54) is 15.9 Å². The van der Waals surface area contributed by atoms with Crippen molar-refractivity contribution in [3.63, 3.8) is 0 Å². The Morgan fingerprint density at radius 1 is 1.28 bits per heavy atom. The molecule has 25 heavy (non-hydrogen) atoms. The highest BCUT2D eigenvalue weighted by molar-refractivity contribution is 7.14. The zero-order chi connectivity index (χ0) is 17.4. The first-order valence-corrected chi connectivity index (χ1v) is 8.48. The fourth-order valence-electron chi connectivity index (χ4n) is 2.69. The molecule has 0 bridgehead atoms. The third kappa shape index (κ3) is 2.68. The Bertz CT molecular complexity index is 1110. The SMILES string of the molecule is COc1ccccc1Nc1nc(-c2cc3ccoc3n(C)c2=O)cs1. The van der Waals surface area contributed by atoms with Crippen molar-refractivity contribution < 1.29 is 9.15 Å². The molecule has 0 aliphatic rings. The lowest BCUT2D eigenvalue weighted by Crippen LogP contribution is -2.18. The van der Waals surface area contributed by atoms with Crippen LogP contribution in [0.1, 0.15) is 0 Å². The topological polar surface area (TPSA) is 69.3 Å². The number of benzene rings is 1. The summed E-state index contributed by atoms with van der Waals surface area (Å²) >= 11 is 1.43. The molecule has 4 rings (SSSR count). The smallest absolute Gasteiger partial charge is 0.262 e. The van der Waals surface area contributed by atoms with Gasteiger partial charge in [0.25, 0.3) is 5.56 Å². The number of hydrogen-bond donors (Lipinski definition) is 1. The van der Waals surface area contributed by atoms with Gasteiger partial charge in [-0.2, -0.15) is 0 Å². The minimum Gasteiger partial charge on any atom is -0.495 e. The van der Waals surface area contributed by atoms with Gasteiger partial charge in [0.2, 0.25) is 5.71 Å². The third-order valence-corrected chi connectivity index (χ3v) is 4.70. The van der Waals surface area contributed by atoms with E-state index in [1.54, 1.807) is 20.4 Å². The maximum atomic E-state index is 12.6. The number of para-hydroxylation sites is 2. The number of fused-ring (bicyclic) bond motifs is 1. The molecule has 0 saturated carbocycles. The highest BCUT2D eigenvalue weighted by Crippen LogP contribution is 2.31. The Morgan fingerprint density at radius 3 is 2.96 bits per heavy atom. The number of ether oxygens (including phenoxy) is 1. The number of nitrogens with zero attached hydrogens (tertiary/aromatic N) is 2. The van der Waals surface area contributed by atoms with Crippen molar-refractivity contribution in [1.82, 2.24) is 9.55 Å². The predicted octanol–water partition coefficient (Wildman–Crippen LogP) is 4.01. The Kier molecular flexibility index (Phi) is 3.77. The van der Waals surface area contributed by atoms with Gasteiger partial charge in [0, 0.05) is 17.8 Å². The van der Waals surface area contributed by atoms with Crippen molar-refractivity contribution in [2.24, 2.45) is 7.05 Å². The number of furan rings is 1. The summed E-state index contributed by atoms with van der Waals surface area (Å²) in [6.45, 7) is 0. The summed E-state index contributed by atoms with van der Waals surface area (Å²) in [5.74, 6) is 0.731. The van der Waals surface area contributed by atoms with E-state index in [-0.39, 0.29) is 5.56 Å². The second kappa shape index (κ2) is 6.10. The van der Waals surface area contributed by atoms with E-state index in [0.29, 0.717) is 22.1 Å². The highest BCUT2D eigenvalue weighted by atomic mass is 32.1. The van der Waals surface area contributed by atoms with Gasteiger partial charge >= 0.3 is 0 Å². The van der Waals surface area contributed by atoms with Crippen molar-refractivity contribution in [2.45, 2.75) is 0 Å². The zero-order valence-electron chi connectivity index (χ0n) is 13.6. The number of rotatable bonds is 4. The lowest BCUT2D eigenvalue weighted by Gasteiger charge is -2.08. The number of pyridine rings is 1. The number of thiazole rings is 1. The van der Waals surface area contributed by atoms with Gasteiger partial charge in [-0.1, -0.05) is 12.1 Å². The van der Waals surface area contributed by atoms with Crippen LogP contribution in [0.5, 0.6) is 5.75 Å². The van der Waals surface area contributed by atoms with Gasteiger partial charge in [-0.25, -0.2) is 4.98 Å². The molecule has 3 heterocycles. The summed E-state index contributed by atoms with van der Waals surface area (Å²) in [4.78, 5) is 17.1. The lowest BCUT2D eigenvalue weighted by atomic mass is 10.2. The van der Waals surface area contributed by atoms with E-state index < -0.39 is 0 Å². The van der Waals surface area contributed by atoms with E-state index in [9.17, 15) is 4.79 Å². The summed E-state index contributed by atoms with van der Waals surface area (Å²) in [6.07, 6.45) is 1.57. The van der Waals surface area contributed by atoms with Gasteiger partial charge in [-0.3, -0.25) is 9.36 Å². The van der Waals surface area contributed by atoms with Crippen LogP contribution in [0.15, 0.2) is 57.3 Å². The van der Waals surface area contributed by atoms with E-state index in [1.807, 2.05) is 41.8 Å². The first-order chi connectivity index (χ1) is 12.2. The van der Waals surface area contributed by atoms with Gasteiger partial charge < -0.3 is 14.5 Å². The molecular formula is C18H15N3O3S. The van der Waals surface area contributed by atoms with Crippen LogP contribution in [0.25, 0.3) is 22.4 Å². The number of hydrogen-bond acceptors (Lipinski definition) is 6. The maximum absolute atomic E-state index is 12.6. The highest BCUT2D eigenvalue weighted by Gasteiger charge is 2.14. The molecule has 126 valence electrons. The molecule has 3 aromatic heterocycles. The maximum Gasteiger partial charge on any atom is 0.262 e. The zero-order valence-corrected chi connectivity index (χ0v) is 14.5. The molecule has 4 aromatic rings. The lowest BCUT2D eigenvalue weighted by molar-refractivity contribution is 0.417. The van der Waals surface area contributed by atoms with Crippen LogP contribution in [0, 0.1) is 0 Å². The number of aromatic nitrogens is 2. The van der Waals surface area contributed by atoms with Crippen LogP contribution in [-0.2, 0) is 7.05 Å². The first kappa shape index (κ1) is 15.5. The minimum atomic E-state index is -0.142. The molecule has 7 heteroatoms. The van der Waals surface area contributed by atoms with E-state index in [4.69, 9.17) is 9.15 Å². The molecular weight excluding hydrogens is 338 g/mol. The van der Waals surface area contributed by atoms with Gasteiger partial charge in [0.15, 0.2) is 5.13 Å². The monoisotopic (exact) mass is 353 g/mol. The van der Waals surface area contributed by atoms with E-state index in [2.05, 4.69) is 10.3 Å². The van der Waals surface area contributed by atoms with Crippen LogP contribution >= 0.6 is 11.3 Å². The standard InChI is InChI=1S/C18H15N3O3S/c1-21-16(22)12(9-11-7-8-24-17(11)21)14-10-25-18(20-14)19-13-5-3-4-6-15(13)23-2/h3-10H,1-2H3,(H,19,20). The molecule has 1 N–H and O–H groups in total. The Balaban J connectivity index is 1.72. The Hall–Kier alpha value is -3.06. The van der Waals surface area contributed by atoms with Crippen LogP contribution in [0.4, 0.5) is 10.8 Å². The van der Waals surface area contributed by atoms with E-state index >= 15 is 0 Å². The van der Waals surface area contributed by atoms with E-state index in [0.717, 1.165) is 16.8 Å². The number of nitrogens with one attached hydrogen (secondary N) is 1. The first-order valence-electron chi connectivity index (χ1n) is 7.60. The van der Waals surface area contributed by atoms with Gasteiger partial charge in [0.1, 0.15) is 5.75 Å².